The number of rotatable bonds is 5. The number of alkyl halides is 3. The van der Waals surface area contributed by atoms with Gasteiger partial charge in [0.1, 0.15) is 24.4 Å². The number of benzene rings is 2. The van der Waals surface area contributed by atoms with Crippen LogP contribution in [0.1, 0.15) is 0 Å². The number of nitrogens with one attached hydrogen (secondary N) is 2. The summed E-state index contributed by atoms with van der Waals surface area (Å²) >= 11 is 0. The minimum Gasteiger partial charge on any atom is -0.490 e. The first kappa shape index (κ1) is 23.0. The van der Waals surface area contributed by atoms with Crippen molar-refractivity contribution < 1.29 is 26.3 Å². The van der Waals surface area contributed by atoms with Crippen molar-refractivity contribution in [3.05, 3.63) is 54.9 Å². The van der Waals surface area contributed by atoms with E-state index in [1.807, 2.05) is 0 Å². The molecule has 0 amide bonds. The zero-order valence-corrected chi connectivity index (χ0v) is 19.2. The smallest absolute Gasteiger partial charge is 0.405 e. The second-order valence-electron chi connectivity index (χ2n) is 8.18. The minimum absolute atomic E-state index is 0.131. The number of hydrogen-bond acceptors (Lipinski definition) is 6. The Bertz CT molecular complexity index is 1520. The van der Waals surface area contributed by atoms with Crippen LogP contribution >= 0.6 is 0 Å². The Hall–Kier alpha value is -3.80. The number of nitrogens with zero attached hydrogens (tertiary/aromatic N) is 3. The summed E-state index contributed by atoms with van der Waals surface area (Å²) in [5, 5.41) is 0. The number of hydrogen-bond donors (Lipinski definition) is 2. The van der Waals surface area contributed by atoms with Gasteiger partial charge in [0.15, 0.2) is 5.65 Å². The van der Waals surface area contributed by atoms with Crippen molar-refractivity contribution in [1.29, 1.82) is 0 Å². The third kappa shape index (κ3) is 5.02. The molecule has 12 heteroatoms. The average molecular weight is 504 g/mol. The third-order valence-electron chi connectivity index (χ3n) is 5.44. The Morgan fingerprint density at radius 3 is 2.77 bits per heavy atom. The van der Waals surface area contributed by atoms with Gasteiger partial charge in [-0.05, 0) is 29.8 Å². The van der Waals surface area contributed by atoms with E-state index in [-0.39, 0.29) is 13.2 Å². The molecule has 1 aliphatic heterocycles. The first-order valence-electron chi connectivity index (χ1n) is 10.6. The van der Waals surface area contributed by atoms with Gasteiger partial charge in [-0.3, -0.25) is 4.72 Å². The van der Waals surface area contributed by atoms with Crippen LogP contribution < -0.4 is 14.4 Å². The minimum atomic E-state index is -4.34. The van der Waals surface area contributed by atoms with Gasteiger partial charge in [0.25, 0.3) is 0 Å². The first-order valence-corrected chi connectivity index (χ1v) is 12.5. The van der Waals surface area contributed by atoms with Crippen molar-refractivity contribution in [2.75, 3.05) is 35.6 Å². The normalized spacial score (nSPS) is 14.0. The maximum absolute atomic E-state index is 13.1. The van der Waals surface area contributed by atoms with Gasteiger partial charge in [-0.25, -0.2) is 18.4 Å². The lowest BCUT2D eigenvalue weighted by molar-refractivity contribution is -0.120. The second kappa shape index (κ2) is 8.45. The van der Waals surface area contributed by atoms with E-state index in [1.165, 1.54) is 4.90 Å². The van der Waals surface area contributed by atoms with Gasteiger partial charge < -0.3 is 14.6 Å². The molecule has 0 unspecified atom stereocenters. The molecule has 4 aromatic rings. The SMILES string of the molecule is CS(=O)(=O)Nc1cccc(-c2cnc3[nH]cc(-c4ccc5c(c4)N(CC(F)(F)F)CCO5)c3n2)c1. The molecule has 2 aromatic heterocycles. The van der Waals surface area contributed by atoms with Crippen molar-refractivity contribution in [2.45, 2.75) is 6.18 Å². The molecule has 2 aromatic carbocycles. The lowest BCUT2D eigenvalue weighted by Gasteiger charge is -2.32. The summed E-state index contributed by atoms with van der Waals surface area (Å²) in [6.07, 6.45) is -0.00706. The van der Waals surface area contributed by atoms with Crippen molar-refractivity contribution in [1.82, 2.24) is 15.0 Å². The average Bonchev–Trinajstić information content (AvgIpc) is 3.20. The van der Waals surface area contributed by atoms with Gasteiger partial charge in [0.05, 0.1) is 30.4 Å². The summed E-state index contributed by atoms with van der Waals surface area (Å²) in [5.41, 5.74) is 4.28. The fourth-order valence-corrected chi connectivity index (χ4v) is 4.58. The monoisotopic (exact) mass is 503 g/mol. The standard InChI is InChI=1S/C23H20F3N5O3S/c1-35(32,33)30-16-4-2-3-15(9-16)18-12-28-22-21(29-18)17(11-27-22)14-5-6-20-19(10-14)31(7-8-34-20)13-23(24,25)26/h2-6,9-12,30H,7-8,13H2,1H3,(H,27,28). The van der Waals surface area contributed by atoms with Gasteiger partial charge in [0, 0.05) is 23.0 Å². The lowest BCUT2D eigenvalue weighted by atomic mass is 10.1. The van der Waals surface area contributed by atoms with E-state index >= 15 is 0 Å². The van der Waals surface area contributed by atoms with Crippen LogP contribution in [0, 0.1) is 0 Å². The molecule has 5 rings (SSSR count). The van der Waals surface area contributed by atoms with Crippen LogP contribution in [0.4, 0.5) is 24.5 Å². The molecular weight excluding hydrogens is 483 g/mol. The second-order valence-corrected chi connectivity index (χ2v) is 9.93. The van der Waals surface area contributed by atoms with Gasteiger partial charge in [-0.2, -0.15) is 13.2 Å². The van der Waals surface area contributed by atoms with Crippen LogP contribution in [-0.4, -0.2) is 55.5 Å². The highest BCUT2D eigenvalue weighted by Gasteiger charge is 2.33. The van der Waals surface area contributed by atoms with E-state index in [2.05, 4.69) is 14.7 Å². The maximum atomic E-state index is 13.1. The number of halogens is 3. The molecule has 0 saturated heterocycles. The lowest BCUT2D eigenvalue weighted by Crippen LogP contribution is -2.39. The maximum Gasteiger partial charge on any atom is 0.405 e. The Kier molecular flexibility index (Phi) is 5.55. The van der Waals surface area contributed by atoms with Crippen LogP contribution in [0.2, 0.25) is 0 Å². The summed E-state index contributed by atoms with van der Waals surface area (Å²) in [7, 11) is -3.44. The first-order chi connectivity index (χ1) is 16.6. The number of aromatic nitrogens is 3. The largest absolute Gasteiger partial charge is 0.490 e. The molecule has 0 saturated carbocycles. The predicted octanol–water partition coefficient (Wildman–Crippen LogP) is 4.42. The molecular formula is C23H20F3N5O3S. The van der Waals surface area contributed by atoms with E-state index in [4.69, 9.17) is 9.72 Å². The highest BCUT2D eigenvalue weighted by molar-refractivity contribution is 7.92. The Labute approximate surface area is 198 Å². The summed E-state index contributed by atoms with van der Waals surface area (Å²) < 4.78 is 70.4. The molecule has 0 atom stereocenters. The Morgan fingerprint density at radius 1 is 1.17 bits per heavy atom. The number of aromatic amines is 1. The van der Waals surface area contributed by atoms with Gasteiger partial charge in [-0.1, -0.05) is 18.2 Å². The number of ether oxygens (including phenoxy) is 1. The molecule has 0 radical (unpaired) electrons. The van der Waals surface area contributed by atoms with Gasteiger partial charge in [0.2, 0.25) is 10.0 Å². The number of sulfonamides is 1. The summed E-state index contributed by atoms with van der Waals surface area (Å²) in [6.45, 7) is -0.758. The molecule has 1 aliphatic rings. The van der Waals surface area contributed by atoms with Crippen molar-refractivity contribution in [3.63, 3.8) is 0 Å². The third-order valence-corrected chi connectivity index (χ3v) is 6.05. The molecule has 2 N–H and O–H groups in total. The summed E-state index contributed by atoms with van der Waals surface area (Å²) in [6, 6.07) is 11.8. The Balaban J connectivity index is 1.54. The van der Waals surface area contributed by atoms with E-state index < -0.39 is 22.7 Å². The number of fused-ring (bicyclic) bond motifs is 2. The highest BCUT2D eigenvalue weighted by Crippen LogP contribution is 2.38. The number of anilines is 2. The highest BCUT2D eigenvalue weighted by atomic mass is 32.2. The molecule has 35 heavy (non-hydrogen) atoms. The summed E-state index contributed by atoms with van der Waals surface area (Å²) in [5.74, 6) is 0.394. The van der Waals surface area contributed by atoms with E-state index in [1.54, 1.807) is 54.9 Å². The topological polar surface area (TPSA) is 100 Å². The van der Waals surface area contributed by atoms with Crippen LogP contribution in [0.15, 0.2) is 54.9 Å². The van der Waals surface area contributed by atoms with E-state index in [9.17, 15) is 21.6 Å². The molecule has 0 aliphatic carbocycles. The van der Waals surface area contributed by atoms with E-state index in [0.29, 0.717) is 50.7 Å². The molecule has 3 heterocycles. The van der Waals surface area contributed by atoms with Crippen molar-refractivity contribution in [2.24, 2.45) is 0 Å². The van der Waals surface area contributed by atoms with Crippen molar-refractivity contribution in [3.8, 4) is 28.1 Å². The van der Waals surface area contributed by atoms with E-state index in [0.717, 1.165) is 6.26 Å². The molecule has 0 bridgehead atoms. The molecule has 182 valence electrons. The molecule has 8 nitrogen and oxygen atoms in total. The zero-order chi connectivity index (χ0) is 24.8. The number of H-pyrrole nitrogens is 1. The van der Waals surface area contributed by atoms with Gasteiger partial charge in [-0.15, -0.1) is 0 Å². The zero-order valence-electron chi connectivity index (χ0n) is 18.4. The molecule has 0 spiro atoms. The van der Waals surface area contributed by atoms with Crippen LogP contribution in [-0.2, 0) is 10.0 Å². The quantitative estimate of drug-likeness (QED) is 0.418. The van der Waals surface area contributed by atoms with Crippen LogP contribution in [0.5, 0.6) is 5.75 Å². The molecule has 0 fully saturated rings. The van der Waals surface area contributed by atoms with Crippen LogP contribution in [0.25, 0.3) is 33.5 Å². The fourth-order valence-electron chi connectivity index (χ4n) is 4.03. The Morgan fingerprint density at radius 2 is 2.00 bits per heavy atom. The predicted molar refractivity (Wildman–Crippen MR) is 127 cm³/mol. The summed E-state index contributed by atoms with van der Waals surface area (Å²) in [4.78, 5) is 13.4. The van der Waals surface area contributed by atoms with Crippen molar-refractivity contribution >= 4 is 32.6 Å². The fraction of sp³-hybridized carbons (Fsp3) is 0.217. The van der Waals surface area contributed by atoms with Crippen LogP contribution in [0.3, 0.4) is 0 Å². The van der Waals surface area contributed by atoms with Gasteiger partial charge >= 0.3 is 6.18 Å².